The van der Waals surface area contributed by atoms with Gasteiger partial charge in [0, 0.05) is 25.5 Å². The highest BCUT2D eigenvalue weighted by atomic mass is 15.4. The third-order valence-electron chi connectivity index (χ3n) is 8.20. The molecule has 1 aliphatic rings. The summed E-state index contributed by atoms with van der Waals surface area (Å²) >= 11 is 0. The fourth-order valence-corrected chi connectivity index (χ4v) is 5.58. The van der Waals surface area contributed by atoms with Crippen molar-refractivity contribution in [3.8, 4) is 0 Å². The standard InChI is InChI=1S/C33H66N2/c1-4-6-8-10-12-14-16-17-18-19-20-22-24-26-28-30-35-32-31-34(33(35)3)29-27-25-23-21-15-13-11-9-7-5-2/h31-33H,4-30H2,1-3H3. The lowest BCUT2D eigenvalue weighted by Crippen LogP contribution is -2.36. The highest BCUT2D eigenvalue weighted by Gasteiger charge is 2.20. The molecule has 1 atom stereocenters. The Labute approximate surface area is 222 Å². The van der Waals surface area contributed by atoms with E-state index in [0.29, 0.717) is 6.17 Å². The van der Waals surface area contributed by atoms with Crippen LogP contribution in [-0.2, 0) is 0 Å². The first-order chi connectivity index (χ1) is 17.3. The molecule has 208 valence electrons. The number of hydrogen-bond acceptors (Lipinski definition) is 2. The van der Waals surface area contributed by atoms with E-state index in [1.54, 1.807) is 0 Å². The second-order valence-electron chi connectivity index (χ2n) is 11.5. The van der Waals surface area contributed by atoms with Crippen molar-refractivity contribution in [3.05, 3.63) is 12.4 Å². The van der Waals surface area contributed by atoms with E-state index in [4.69, 9.17) is 0 Å². The highest BCUT2D eigenvalue weighted by molar-refractivity contribution is 4.95. The van der Waals surface area contributed by atoms with Crippen LogP contribution < -0.4 is 0 Å². The van der Waals surface area contributed by atoms with E-state index >= 15 is 0 Å². The molecular formula is C33H66N2. The molecule has 2 nitrogen and oxygen atoms in total. The van der Waals surface area contributed by atoms with E-state index in [1.165, 1.54) is 174 Å². The summed E-state index contributed by atoms with van der Waals surface area (Å²) in [4.78, 5) is 5.13. The number of hydrogen-bond donors (Lipinski definition) is 0. The van der Waals surface area contributed by atoms with Gasteiger partial charge in [-0.05, 0) is 19.8 Å². The van der Waals surface area contributed by atoms with Crippen molar-refractivity contribution in [2.24, 2.45) is 0 Å². The van der Waals surface area contributed by atoms with Gasteiger partial charge in [-0.25, -0.2) is 0 Å². The largest absolute Gasteiger partial charge is 0.356 e. The summed E-state index contributed by atoms with van der Waals surface area (Å²) in [5.41, 5.74) is 0. The molecule has 1 heterocycles. The first-order valence-electron chi connectivity index (χ1n) is 16.5. The Morgan fingerprint density at radius 3 is 0.857 bits per heavy atom. The van der Waals surface area contributed by atoms with Crippen LogP contribution in [0.5, 0.6) is 0 Å². The molecule has 0 fully saturated rings. The lowest BCUT2D eigenvalue weighted by atomic mass is 10.0. The quantitative estimate of drug-likeness (QED) is 0.106. The van der Waals surface area contributed by atoms with Crippen LogP contribution >= 0.6 is 0 Å². The summed E-state index contributed by atoms with van der Waals surface area (Å²) in [5.74, 6) is 0. The molecule has 0 bridgehead atoms. The molecule has 0 amide bonds. The molecule has 0 saturated heterocycles. The molecule has 0 spiro atoms. The molecular weight excluding hydrogens is 424 g/mol. The fourth-order valence-electron chi connectivity index (χ4n) is 5.58. The van der Waals surface area contributed by atoms with Gasteiger partial charge >= 0.3 is 0 Å². The highest BCUT2D eigenvalue weighted by Crippen LogP contribution is 2.19. The van der Waals surface area contributed by atoms with Gasteiger partial charge in [0.2, 0.25) is 0 Å². The van der Waals surface area contributed by atoms with Crippen LogP contribution in [-0.4, -0.2) is 29.1 Å². The molecule has 35 heavy (non-hydrogen) atoms. The van der Waals surface area contributed by atoms with Gasteiger partial charge in [-0.2, -0.15) is 0 Å². The Morgan fingerprint density at radius 2 is 0.600 bits per heavy atom. The molecule has 0 N–H and O–H groups in total. The van der Waals surface area contributed by atoms with Gasteiger partial charge in [-0.1, -0.05) is 162 Å². The van der Waals surface area contributed by atoms with E-state index in [0.717, 1.165) is 0 Å². The number of rotatable bonds is 27. The van der Waals surface area contributed by atoms with Crippen molar-refractivity contribution >= 4 is 0 Å². The molecule has 0 aromatic heterocycles. The first kappa shape index (κ1) is 32.4. The Balaban J connectivity index is 1.83. The summed E-state index contributed by atoms with van der Waals surface area (Å²) in [7, 11) is 0. The lowest BCUT2D eigenvalue weighted by molar-refractivity contribution is 0.165. The molecule has 1 unspecified atom stereocenters. The van der Waals surface area contributed by atoms with Crippen molar-refractivity contribution in [2.45, 2.75) is 187 Å². The molecule has 0 aromatic rings. The van der Waals surface area contributed by atoms with Crippen LogP contribution in [0.4, 0.5) is 0 Å². The van der Waals surface area contributed by atoms with Crippen LogP contribution in [0, 0.1) is 0 Å². The van der Waals surface area contributed by atoms with E-state index in [9.17, 15) is 0 Å². The van der Waals surface area contributed by atoms with E-state index in [-0.39, 0.29) is 0 Å². The minimum absolute atomic E-state index is 0.570. The van der Waals surface area contributed by atoms with Gasteiger partial charge in [-0.15, -0.1) is 0 Å². The summed E-state index contributed by atoms with van der Waals surface area (Å²) in [6.07, 6.45) is 41.2. The minimum atomic E-state index is 0.570. The first-order valence-corrected chi connectivity index (χ1v) is 16.5. The van der Waals surface area contributed by atoms with E-state index in [2.05, 4.69) is 43.0 Å². The van der Waals surface area contributed by atoms with Crippen LogP contribution in [0.25, 0.3) is 0 Å². The minimum Gasteiger partial charge on any atom is -0.356 e. The van der Waals surface area contributed by atoms with Crippen LogP contribution in [0.2, 0.25) is 0 Å². The average Bonchev–Trinajstić information content (AvgIpc) is 3.21. The SMILES string of the molecule is CCCCCCCCCCCCCCCCCN1C=CN(CCCCCCCCCCCC)C1C. The average molecular weight is 491 g/mol. The van der Waals surface area contributed by atoms with Crippen molar-refractivity contribution in [2.75, 3.05) is 13.1 Å². The monoisotopic (exact) mass is 491 g/mol. The maximum atomic E-state index is 2.57. The summed E-state index contributed by atoms with van der Waals surface area (Å²) in [6, 6.07) is 0. The molecule has 0 radical (unpaired) electrons. The molecule has 1 aliphatic heterocycles. The van der Waals surface area contributed by atoms with Crippen molar-refractivity contribution in [1.29, 1.82) is 0 Å². The van der Waals surface area contributed by atoms with Gasteiger partial charge in [0.05, 0.1) is 6.17 Å². The summed E-state index contributed by atoms with van der Waals surface area (Å²) in [6.45, 7) is 9.48. The molecule has 0 aromatic carbocycles. The zero-order valence-corrected chi connectivity index (χ0v) is 24.7. The maximum Gasteiger partial charge on any atom is 0.0977 e. The summed E-state index contributed by atoms with van der Waals surface area (Å²) < 4.78 is 0. The Hall–Kier alpha value is -0.660. The van der Waals surface area contributed by atoms with Crippen molar-refractivity contribution in [1.82, 2.24) is 9.80 Å². The Kier molecular flexibility index (Phi) is 23.1. The second-order valence-corrected chi connectivity index (χ2v) is 11.5. The van der Waals surface area contributed by atoms with Gasteiger partial charge in [0.1, 0.15) is 0 Å². The van der Waals surface area contributed by atoms with Gasteiger partial charge in [0.15, 0.2) is 0 Å². The second kappa shape index (κ2) is 25.0. The molecule has 0 aliphatic carbocycles. The van der Waals surface area contributed by atoms with Crippen molar-refractivity contribution in [3.63, 3.8) is 0 Å². The Morgan fingerprint density at radius 1 is 0.371 bits per heavy atom. The van der Waals surface area contributed by atoms with E-state index in [1.807, 2.05) is 0 Å². The molecule has 1 rings (SSSR count). The maximum absolute atomic E-state index is 2.57. The topological polar surface area (TPSA) is 6.48 Å². The third-order valence-corrected chi connectivity index (χ3v) is 8.20. The van der Waals surface area contributed by atoms with Crippen molar-refractivity contribution < 1.29 is 0 Å². The van der Waals surface area contributed by atoms with Crippen LogP contribution in [0.3, 0.4) is 0 Å². The number of unbranched alkanes of at least 4 members (excludes halogenated alkanes) is 23. The summed E-state index contributed by atoms with van der Waals surface area (Å²) in [5, 5.41) is 0. The fraction of sp³-hybridized carbons (Fsp3) is 0.939. The smallest absolute Gasteiger partial charge is 0.0977 e. The van der Waals surface area contributed by atoms with Gasteiger partial charge in [0.25, 0.3) is 0 Å². The lowest BCUT2D eigenvalue weighted by Gasteiger charge is -2.30. The van der Waals surface area contributed by atoms with E-state index < -0.39 is 0 Å². The normalized spacial score (nSPS) is 15.6. The Bertz CT molecular complexity index is 446. The predicted octanol–water partition coefficient (Wildman–Crippen LogP) is 11.2. The van der Waals surface area contributed by atoms with Crippen LogP contribution in [0.15, 0.2) is 12.4 Å². The van der Waals surface area contributed by atoms with Gasteiger partial charge in [-0.3, -0.25) is 0 Å². The zero-order valence-electron chi connectivity index (χ0n) is 24.7. The molecule has 2 heteroatoms. The number of nitrogens with zero attached hydrogens (tertiary/aromatic N) is 2. The van der Waals surface area contributed by atoms with Crippen LogP contribution in [0.1, 0.15) is 181 Å². The molecule has 0 saturated carbocycles. The predicted molar refractivity (Wildman–Crippen MR) is 159 cm³/mol. The third kappa shape index (κ3) is 19.2. The van der Waals surface area contributed by atoms with Gasteiger partial charge < -0.3 is 9.80 Å². The zero-order chi connectivity index (χ0) is 25.2.